The second kappa shape index (κ2) is 8.20. The highest BCUT2D eigenvalue weighted by Crippen LogP contribution is 2.35. The third kappa shape index (κ3) is 3.87. The van der Waals surface area contributed by atoms with E-state index >= 15 is 0 Å². The predicted molar refractivity (Wildman–Crippen MR) is 114 cm³/mol. The molecule has 1 aliphatic rings. The van der Waals surface area contributed by atoms with Crippen LogP contribution in [0.1, 0.15) is 5.56 Å². The average molecular weight is 441 g/mol. The van der Waals surface area contributed by atoms with Crippen molar-refractivity contribution >= 4 is 40.4 Å². The molecule has 0 saturated heterocycles. The molecule has 0 atom stereocenters. The lowest BCUT2D eigenvalue weighted by molar-refractivity contribution is -0.120. The number of rotatable bonds is 5. The van der Waals surface area contributed by atoms with Gasteiger partial charge in [-0.25, -0.2) is 13.7 Å². The molecule has 8 heteroatoms. The van der Waals surface area contributed by atoms with Gasteiger partial charge in [0.25, 0.3) is 11.8 Å². The van der Waals surface area contributed by atoms with Gasteiger partial charge in [0.15, 0.2) is 0 Å². The first-order valence-electron chi connectivity index (χ1n) is 9.14. The zero-order chi connectivity index (χ0) is 22.1. The van der Waals surface area contributed by atoms with E-state index in [0.29, 0.717) is 33.0 Å². The largest absolute Gasteiger partial charge is 0.497 e. The molecule has 0 aliphatic carbocycles. The molecule has 0 bridgehead atoms. The third-order valence-electron chi connectivity index (χ3n) is 4.71. The van der Waals surface area contributed by atoms with Gasteiger partial charge in [0, 0.05) is 22.8 Å². The molecule has 2 amide bonds. The molecule has 1 heterocycles. The minimum absolute atomic E-state index is 0.0354. The fraction of sp³-hybridized carbons (Fsp3) is 0.0435. The van der Waals surface area contributed by atoms with Crippen LogP contribution in [0.3, 0.4) is 0 Å². The van der Waals surface area contributed by atoms with Crippen molar-refractivity contribution in [3.8, 4) is 5.75 Å². The molecule has 0 spiro atoms. The number of halogens is 3. The highest BCUT2D eigenvalue weighted by molar-refractivity contribution is 6.46. The number of carbonyl (C=O) groups is 2. The van der Waals surface area contributed by atoms with Crippen molar-refractivity contribution in [1.82, 2.24) is 0 Å². The summed E-state index contributed by atoms with van der Waals surface area (Å²) < 4.78 is 33.0. The Morgan fingerprint density at radius 2 is 1.68 bits per heavy atom. The van der Waals surface area contributed by atoms with Crippen LogP contribution in [0, 0.1) is 11.6 Å². The van der Waals surface area contributed by atoms with E-state index < -0.39 is 23.4 Å². The number of nitrogens with zero attached hydrogens (tertiary/aromatic N) is 1. The molecule has 4 rings (SSSR count). The minimum atomic E-state index is -1.03. The van der Waals surface area contributed by atoms with Crippen LogP contribution in [-0.4, -0.2) is 18.9 Å². The van der Waals surface area contributed by atoms with Crippen LogP contribution >= 0.6 is 11.6 Å². The van der Waals surface area contributed by atoms with Gasteiger partial charge in [-0.05, 0) is 42.0 Å². The van der Waals surface area contributed by atoms with Gasteiger partial charge in [-0.1, -0.05) is 29.8 Å². The van der Waals surface area contributed by atoms with Gasteiger partial charge in [-0.15, -0.1) is 0 Å². The lowest BCUT2D eigenvalue weighted by Gasteiger charge is -2.16. The number of amides is 2. The number of benzene rings is 3. The number of ether oxygens (including phenoxy) is 1. The number of hydrogen-bond donors (Lipinski definition) is 1. The SMILES string of the molecule is COc1cccc(NC2=C(c3ccc(Cl)cc3)C(=O)N(c3ccc(F)cc3F)C2=O)c1. The third-order valence-corrected chi connectivity index (χ3v) is 4.96. The van der Waals surface area contributed by atoms with Crippen molar-refractivity contribution < 1.29 is 23.1 Å². The quantitative estimate of drug-likeness (QED) is 0.566. The molecule has 0 aromatic heterocycles. The van der Waals surface area contributed by atoms with Gasteiger partial charge < -0.3 is 10.1 Å². The smallest absolute Gasteiger partial charge is 0.282 e. The van der Waals surface area contributed by atoms with Crippen LogP contribution < -0.4 is 15.0 Å². The Balaban J connectivity index is 1.83. The van der Waals surface area contributed by atoms with Gasteiger partial charge >= 0.3 is 0 Å². The van der Waals surface area contributed by atoms with Crippen LogP contribution in [-0.2, 0) is 9.59 Å². The highest BCUT2D eigenvalue weighted by Gasteiger charge is 2.41. The average Bonchev–Trinajstić information content (AvgIpc) is 2.99. The van der Waals surface area contributed by atoms with Crippen molar-refractivity contribution in [3.63, 3.8) is 0 Å². The van der Waals surface area contributed by atoms with Gasteiger partial charge in [0.05, 0.1) is 18.4 Å². The summed E-state index contributed by atoms with van der Waals surface area (Å²) in [7, 11) is 1.50. The number of anilines is 2. The van der Waals surface area contributed by atoms with E-state index in [4.69, 9.17) is 16.3 Å². The molecule has 0 unspecified atom stereocenters. The second-order valence-electron chi connectivity index (χ2n) is 6.66. The summed E-state index contributed by atoms with van der Waals surface area (Å²) in [6, 6.07) is 15.7. The summed E-state index contributed by atoms with van der Waals surface area (Å²) in [4.78, 5) is 27.2. The normalized spacial score (nSPS) is 13.7. The van der Waals surface area contributed by atoms with E-state index in [1.807, 2.05) is 0 Å². The van der Waals surface area contributed by atoms with Crippen molar-refractivity contribution in [2.45, 2.75) is 0 Å². The van der Waals surface area contributed by atoms with Crippen molar-refractivity contribution in [3.05, 3.63) is 94.6 Å². The van der Waals surface area contributed by atoms with E-state index in [0.717, 1.165) is 12.1 Å². The number of imide groups is 1. The van der Waals surface area contributed by atoms with E-state index in [-0.39, 0.29) is 17.0 Å². The molecule has 0 fully saturated rings. The Bertz CT molecular complexity index is 1230. The molecule has 0 radical (unpaired) electrons. The van der Waals surface area contributed by atoms with Crippen LogP contribution in [0.15, 0.2) is 72.4 Å². The highest BCUT2D eigenvalue weighted by atomic mass is 35.5. The molecule has 3 aromatic carbocycles. The number of methoxy groups -OCH3 is 1. The maximum absolute atomic E-state index is 14.4. The van der Waals surface area contributed by atoms with Crippen molar-refractivity contribution in [1.29, 1.82) is 0 Å². The topological polar surface area (TPSA) is 58.6 Å². The Kier molecular flexibility index (Phi) is 5.44. The van der Waals surface area contributed by atoms with Crippen LogP contribution in [0.2, 0.25) is 5.02 Å². The van der Waals surface area contributed by atoms with E-state index in [1.54, 1.807) is 48.5 Å². The van der Waals surface area contributed by atoms with Crippen LogP contribution in [0.4, 0.5) is 20.2 Å². The summed E-state index contributed by atoms with van der Waals surface area (Å²) in [5.74, 6) is -2.83. The Labute approximate surface area is 181 Å². The van der Waals surface area contributed by atoms with Crippen molar-refractivity contribution in [2.75, 3.05) is 17.3 Å². The zero-order valence-corrected chi connectivity index (χ0v) is 16.9. The summed E-state index contributed by atoms with van der Waals surface area (Å²) in [5.41, 5.74) is 0.546. The number of carbonyl (C=O) groups excluding carboxylic acids is 2. The predicted octanol–water partition coefficient (Wildman–Crippen LogP) is 5.02. The van der Waals surface area contributed by atoms with Gasteiger partial charge in [0.1, 0.15) is 23.1 Å². The molecule has 3 aromatic rings. The molecular weight excluding hydrogens is 426 g/mol. The molecule has 156 valence electrons. The van der Waals surface area contributed by atoms with Crippen LogP contribution in [0.25, 0.3) is 5.57 Å². The summed E-state index contributed by atoms with van der Waals surface area (Å²) in [6.45, 7) is 0. The fourth-order valence-corrected chi connectivity index (χ4v) is 3.38. The Morgan fingerprint density at radius 3 is 2.35 bits per heavy atom. The summed E-state index contributed by atoms with van der Waals surface area (Å²) in [5, 5.41) is 3.40. The van der Waals surface area contributed by atoms with Crippen LogP contribution in [0.5, 0.6) is 5.75 Å². The Hall–Kier alpha value is -3.71. The standard InChI is InChI=1S/C23H15ClF2N2O3/c1-31-17-4-2-3-16(12-17)27-21-20(13-5-7-14(24)8-6-13)22(29)28(23(21)30)19-10-9-15(25)11-18(19)26/h2-12,27H,1H3. The zero-order valence-electron chi connectivity index (χ0n) is 16.2. The Morgan fingerprint density at radius 1 is 0.935 bits per heavy atom. The van der Waals surface area contributed by atoms with E-state index in [9.17, 15) is 18.4 Å². The number of nitrogens with one attached hydrogen (secondary N) is 1. The summed E-state index contributed by atoms with van der Waals surface area (Å²) in [6.07, 6.45) is 0. The monoisotopic (exact) mass is 440 g/mol. The van der Waals surface area contributed by atoms with E-state index in [1.165, 1.54) is 7.11 Å². The van der Waals surface area contributed by atoms with E-state index in [2.05, 4.69) is 5.32 Å². The fourth-order valence-electron chi connectivity index (χ4n) is 3.26. The maximum Gasteiger partial charge on any atom is 0.282 e. The van der Waals surface area contributed by atoms with Gasteiger partial charge in [-0.2, -0.15) is 0 Å². The second-order valence-corrected chi connectivity index (χ2v) is 7.09. The first-order chi connectivity index (χ1) is 14.9. The molecule has 1 aliphatic heterocycles. The van der Waals surface area contributed by atoms with Gasteiger partial charge in [0.2, 0.25) is 0 Å². The molecular formula is C23H15ClF2N2O3. The lowest BCUT2D eigenvalue weighted by Crippen LogP contribution is -2.33. The minimum Gasteiger partial charge on any atom is -0.497 e. The molecule has 31 heavy (non-hydrogen) atoms. The van der Waals surface area contributed by atoms with Gasteiger partial charge in [-0.3, -0.25) is 9.59 Å². The molecule has 5 nitrogen and oxygen atoms in total. The lowest BCUT2D eigenvalue weighted by atomic mass is 10.0. The first kappa shape index (κ1) is 20.6. The number of hydrogen-bond acceptors (Lipinski definition) is 4. The summed E-state index contributed by atoms with van der Waals surface area (Å²) >= 11 is 5.95. The van der Waals surface area contributed by atoms with Crippen molar-refractivity contribution in [2.24, 2.45) is 0 Å². The maximum atomic E-state index is 14.4. The first-order valence-corrected chi connectivity index (χ1v) is 9.52. The molecule has 0 saturated carbocycles. The molecule has 1 N–H and O–H groups in total.